The van der Waals surface area contributed by atoms with Crippen LogP contribution in [0.1, 0.15) is 35.2 Å². The van der Waals surface area contributed by atoms with Crippen molar-refractivity contribution in [1.29, 1.82) is 0 Å². The average molecular weight is 380 g/mol. The van der Waals surface area contributed by atoms with Crippen LogP contribution < -0.4 is 15.1 Å². The van der Waals surface area contributed by atoms with Gasteiger partial charge in [0.2, 0.25) is 5.95 Å². The molecule has 2 aromatic rings. The lowest BCUT2D eigenvalue weighted by Gasteiger charge is -2.44. The molecule has 1 spiro atoms. The molecule has 1 aromatic carbocycles. The van der Waals surface area contributed by atoms with Gasteiger partial charge in [0.1, 0.15) is 11.4 Å². The SMILES string of the molecule is O=C(/C=C/c1ccc2c(c1)C(=O)CC1(CCN(c3ncccn3)CC1)O2)NO. The van der Waals surface area contributed by atoms with Crippen LogP contribution in [0.5, 0.6) is 5.75 Å². The molecule has 2 aliphatic rings. The van der Waals surface area contributed by atoms with Crippen molar-refractivity contribution < 1.29 is 19.5 Å². The molecule has 1 fully saturated rings. The van der Waals surface area contributed by atoms with E-state index in [1.54, 1.807) is 36.7 Å². The molecule has 8 nitrogen and oxygen atoms in total. The second kappa shape index (κ2) is 7.40. The quantitative estimate of drug-likeness (QED) is 0.477. The van der Waals surface area contributed by atoms with Gasteiger partial charge in [-0.05, 0) is 29.8 Å². The smallest absolute Gasteiger partial charge is 0.267 e. The van der Waals surface area contributed by atoms with Gasteiger partial charge in [-0.15, -0.1) is 0 Å². The van der Waals surface area contributed by atoms with Crippen LogP contribution in [0.15, 0.2) is 42.7 Å². The van der Waals surface area contributed by atoms with E-state index in [1.807, 2.05) is 0 Å². The molecule has 0 unspecified atom stereocenters. The molecule has 8 heteroatoms. The first-order chi connectivity index (χ1) is 13.6. The number of ether oxygens (including phenoxy) is 1. The molecule has 144 valence electrons. The summed E-state index contributed by atoms with van der Waals surface area (Å²) in [6.45, 7) is 1.45. The van der Waals surface area contributed by atoms with Crippen LogP contribution in [0.2, 0.25) is 0 Å². The number of amides is 1. The number of nitrogens with zero attached hydrogens (tertiary/aromatic N) is 3. The van der Waals surface area contributed by atoms with Crippen molar-refractivity contribution in [3.05, 3.63) is 53.9 Å². The number of ketones is 1. The van der Waals surface area contributed by atoms with Crippen molar-refractivity contribution in [3.63, 3.8) is 0 Å². The number of fused-ring (bicyclic) bond motifs is 1. The first kappa shape index (κ1) is 18.1. The summed E-state index contributed by atoms with van der Waals surface area (Å²) in [5.41, 5.74) is 2.24. The minimum absolute atomic E-state index is 0.0347. The van der Waals surface area contributed by atoms with Crippen molar-refractivity contribution in [2.45, 2.75) is 24.9 Å². The molecule has 0 radical (unpaired) electrons. The zero-order chi connectivity index (χ0) is 19.6. The Morgan fingerprint density at radius 3 is 2.71 bits per heavy atom. The van der Waals surface area contributed by atoms with Gasteiger partial charge >= 0.3 is 0 Å². The summed E-state index contributed by atoms with van der Waals surface area (Å²) in [6.07, 6.45) is 7.93. The van der Waals surface area contributed by atoms with E-state index in [4.69, 9.17) is 9.94 Å². The van der Waals surface area contributed by atoms with Crippen molar-refractivity contribution in [2.24, 2.45) is 0 Å². The Morgan fingerprint density at radius 1 is 1.25 bits per heavy atom. The second-order valence-corrected chi connectivity index (χ2v) is 6.99. The average Bonchev–Trinajstić information content (AvgIpc) is 2.73. The highest BCUT2D eigenvalue weighted by atomic mass is 16.5. The molecular formula is C20H20N4O4. The number of benzene rings is 1. The molecule has 0 bridgehead atoms. The Bertz CT molecular complexity index is 921. The third-order valence-corrected chi connectivity index (χ3v) is 5.16. The number of piperidine rings is 1. The monoisotopic (exact) mass is 380 g/mol. The summed E-state index contributed by atoms with van der Waals surface area (Å²) < 4.78 is 6.29. The maximum atomic E-state index is 12.8. The van der Waals surface area contributed by atoms with Crippen LogP contribution in [0.25, 0.3) is 6.08 Å². The van der Waals surface area contributed by atoms with E-state index >= 15 is 0 Å². The number of rotatable bonds is 3. The summed E-state index contributed by atoms with van der Waals surface area (Å²) in [4.78, 5) is 34.6. The molecular weight excluding hydrogens is 360 g/mol. The summed E-state index contributed by atoms with van der Waals surface area (Å²) in [7, 11) is 0. The first-order valence-corrected chi connectivity index (χ1v) is 9.09. The van der Waals surface area contributed by atoms with Crippen LogP contribution in [0.4, 0.5) is 5.95 Å². The predicted octanol–water partition coefficient (Wildman–Crippen LogP) is 2.00. The number of nitrogens with one attached hydrogen (secondary N) is 1. The Balaban J connectivity index is 1.49. The van der Waals surface area contributed by atoms with E-state index in [0.717, 1.165) is 25.9 Å². The van der Waals surface area contributed by atoms with E-state index < -0.39 is 11.5 Å². The highest BCUT2D eigenvalue weighted by Gasteiger charge is 2.43. The Labute approximate surface area is 161 Å². The van der Waals surface area contributed by atoms with E-state index in [1.165, 1.54) is 17.6 Å². The molecule has 1 saturated heterocycles. The minimum Gasteiger partial charge on any atom is -0.486 e. The summed E-state index contributed by atoms with van der Waals surface area (Å²) in [5, 5.41) is 8.54. The standard InChI is InChI=1S/C20H20N4O4/c25-16-13-20(6-10-24(11-7-20)19-21-8-1-9-22-19)28-17-4-2-14(12-15(16)17)3-5-18(26)23-27/h1-5,8-9,12,27H,6-7,10-11,13H2,(H,23,26)/b5-3+. The molecule has 2 aliphatic heterocycles. The van der Waals surface area contributed by atoms with Gasteiger partial charge in [0.25, 0.3) is 5.91 Å². The third kappa shape index (κ3) is 3.59. The van der Waals surface area contributed by atoms with Crippen molar-refractivity contribution in [2.75, 3.05) is 18.0 Å². The molecule has 0 saturated carbocycles. The Morgan fingerprint density at radius 2 is 2.00 bits per heavy atom. The van der Waals surface area contributed by atoms with Crippen LogP contribution >= 0.6 is 0 Å². The van der Waals surface area contributed by atoms with Gasteiger partial charge in [-0.1, -0.05) is 6.07 Å². The second-order valence-electron chi connectivity index (χ2n) is 6.99. The van der Waals surface area contributed by atoms with Gasteiger partial charge < -0.3 is 9.64 Å². The van der Waals surface area contributed by atoms with E-state index in [0.29, 0.717) is 29.2 Å². The van der Waals surface area contributed by atoms with Gasteiger partial charge in [0.15, 0.2) is 5.78 Å². The summed E-state index contributed by atoms with van der Waals surface area (Å²) in [5.74, 6) is 0.675. The fourth-order valence-electron chi connectivity index (χ4n) is 3.67. The lowest BCUT2D eigenvalue weighted by atomic mass is 9.82. The normalized spacial score (nSPS) is 18.0. The molecule has 1 amide bonds. The van der Waals surface area contributed by atoms with E-state index in [-0.39, 0.29) is 5.78 Å². The van der Waals surface area contributed by atoms with E-state index in [2.05, 4.69) is 14.9 Å². The molecule has 4 rings (SSSR count). The lowest BCUT2D eigenvalue weighted by Crippen LogP contribution is -2.51. The first-order valence-electron chi connectivity index (χ1n) is 9.09. The third-order valence-electron chi connectivity index (χ3n) is 5.16. The topological polar surface area (TPSA) is 105 Å². The maximum Gasteiger partial charge on any atom is 0.267 e. The molecule has 28 heavy (non-hydrogen) atoms. The fourth-order valence-corrected chi connectivity index (χ4v) is 3.67. The molecule has 3 heterocycles. The zero-order valence-corrected chi connectivity index (χ0v) is 15.2. The van der Waals surface area contributed by atoms with Crippen LogP contribution in [0.3, 0.4) is 0 Å². The largest absolute Gasteiger partial charge is 0.486 e. The fraction of sp³-hybridized carbons (Fsp3) is 0.300. The maximum absolute atomic E-state index is 12.8. The predicted molar refractivity (Wildman–Crippen MR) is 101 cm³/mol. The Hall–Kier alpha value is -3.26. The van der Waals surface area contributed by atoms with Crippen LogP contribution in [-0.4, -0.2) is 45.6 Å². The van der Waals surface area contributed by atoms with E-state index in [9.17, 15) is 9.59 Å². The van der Waals surface area contributed by atoms with Gasteiger partial charge in [0.05, 0.1) is 12.0 Å². The van der Waals surface area contributed by atoms with Crippen molar-refractivity contribution >= 4 is 23.7 Å². The van der Waals surface area contributed by atoms with Gasteiger partial charge in [-0.2, -0.15) is 0 Å². The number of hydrogen-bond acceptors (Lipinski definition) is 7. The summed E-state index contributed by atoms with van der Waals surface area (Å²) >= 11 is 0. The lowest BCUT2D eigenvalue weighted by molar-refractivity contribution is -0.124. The highest BCUT2D eigenvalue weighted by molar-refractivity contribution is 6.01. The number of carbonyl (C=O) groups is 2. The number of anilines is 1. The minimum atomic E-state index is -0.631. The Kier molecular flexibility index (Phi) is 4.79. The number of carbonyl (C=O) groups excluding carboxylic acids is 2. The van der Waals surface area contributed by atoms with Gasteiger partial charge in [0, 0.05) is 44.4 Å². The van der Waals surface area contributed by atoms with Crippen molar-refractivity contribution in [1.82, 2.24) is 15.4 Å². The molecule has 1 aromatic heterocycles. The number of hydroxylamine groups is 1. The number of Topliss-reactive ketones (excluding diaryl/α,β-unsaturated/α-hetero) is 1. The van der Waals surface area contributed by atoms with Crippen LogP contribution in [0, 0.1) is 0 Å². The van der Waals surface area contributed by atoms with Crippen molar-refractivity contribution in [3.8, 4) is 5.75 Å². The van der Waals surface area contributed by atoms with Gasteiger partial charge in [-0.3, -0.25) is 14.8 Å². The molecule has 0 aliphatic carbocycles. The zero-order valence-electron chi connectivity index (χ0n) is 15.2. The van der Waals surface area contributed by atoms with Crippen LogP contribution in [-0.2, 0) is 4.79 Å². The number of aromatic nitrogens is 2. The highest BCUT2D eigenvalue weighted by Crippen LogP contribution is 2.40. The van der Waals surface area contributed by atoms with Gasteiger partial charge in [-0.25, -0.2) is 15.4 Å². The number of hydrogen-bond donors (Lipinski definition) is 2. The molecule has 2 N–H and O–H groups in total. The molecule has 0 atom stereocenters. The summed E-state index contributed by atoms with van der Waals surface area (Å²) in [6, 6.07) is 7.03.